The fourth-order valence-electron chi connectivity index (χ4n) is 1.31. The number of carbonyl (C=O) groups is 1. The van der Waals surface area contributed by atoms with Gasteiger partial charge in [-0.1, -0.05) is 12.1 Å². The third-order valence-corrected chi connectivity index (χ3v) is 3.74. The van der Waals surface area contributed by atoms with E-state index in [1.807, 2.05) is 0 Å². The second kappa shape index (κ2) is 6.48. The van der Waals surface area contributed by atoms with E-state index in [1.54, 1.807) is 12.1 Å². The molecule has 0 unspecified atom stereocenters. The van der Waals surface area contributed by atoms with Crippen LogP contribution >= 0.6 is 0 Å². The highest BCUT2D eigenvalue weighted by atomic mass is 32.2. The predicted octanol–water partition coefficient (Wildman–Crippen LogP) is -0.440. The van der Waals surface area contributed by atoms with Crippen LogP contribution in [0, 0.1) is 0 Å². The van der Waals surface area contributed by atoms with Crippen LogP contribution in [0.4, 0.5) is 0 Å². The second-order valence-electron chi connectivity index (χ2n) is 3.73. The van der Waals surface area contributed by atoms with Crippen LogP contribution in [0.3, 0.4) is 0 Å². The lowest BCUT2D eigenvalue weighted by atomic mass is 10.2. The summed E-state index contributed by atoms with van der Waals surface area (Å²) in [5, 5.41) is 2.51. The standard InChI is InChI=1S/C11H17N3O3S/c1-9(15)13-6-7-14-18(16,17)11-4-2-10(8-12)3-5-11/h2-5,14H,6-8,12H2,1H3,(H,13,15). The lowest BCUT2D eigenvalue weighted by Crippen LogP contribution is -2.33. The smallest absolute Gasteiger partial charge is 0.240 e. The number of hydrogen-bond donors (Lipinski definition) is 3. The van der Waals surface area contributed by atoms with E-state index < -0.39 is 10.0 Å². The van der Waals surface area contributed by atoms with Gasteiger partial charge in [-0.15, -0.1) is 0 Å². The predicted molar refractivity (Wildman–Crippen MR) is 68.2 cm³/mol. The Kier molecular flexibility index (Phi) is 5.26. The SMILES string of the molecule is CC(=O)NCCNS(=O)(=O)c1ccc(CN)cc1. The topological polar surface area (TPSA) is 101 Å². The molecule has 0 spiro atoms. The molecule has 1 amide bonds. The Hall–Kier alpha value is -1.44. The molecule has 100 valence electrons. The molecule has 6 nitrogen and oxygen atoms in total. The van der Waals surface area contributed by atoms with E-state index >= 15 is 0 Å². The number of benzene rings is 1. The van der Waals surface area contributed by atoms with Crippen LogP contribution in [0.1, 0.15) is 12.5 Å². The Bertz CT molecular complexity index is 497. The van der Waals surface area contributed by atoms with Gasteiger partial charge in [0.25, 0.3) is 0 Å². The molecular formula is C11H17N3O3S. The first-order valence-electron chi connectivity index (χ1n) is 5.49. The van der Waals surface area contributed by atoms with Gasteiger partial charge in [0.2, 0.25) is 15.9 Å². The van der Waals surface area contributed by atoms with Crippen molar-refractivity contribution in [1.82, 2.24) is 10.0 Å². The molecule has 0 aromatic heterocycles. The second-order valence-corrected chi connectivity index (χ2v) is 5.50. The van der Waals surface area contributed by atoms with Crippen molar-refractivity contribution in [3.05, 3.63) is 29.8 Å². The number of hydrogen-bond acceptors (Lipinski definition) is 4. The average Bonchev–Trinajstić information content (AvgIpc) is 2.34. The van der Waals surface area contributed by atoms with E-state index in [1.165, 1.54) is 19.1 Å². The summed E-state index contributed by atoms with van der Waals surface area (Å²) in [6, 6.07) is 6.34. The van der Waals surface area contributed by atoms with Gasteiger partial charge in [0, 0.05) is 26.6 Å². The molecule has 0 saturated heterocycles. The van der Waals surface area contributed by atoms with Crippen LogP contribution in [0.25, 0.3) is 0 Å². The van der Waals surface area contributed by atoms with Gasteiger partial charge < -0.3 is 11.1 Å². The minimum atomic E-state index is -3.53. The Balaban J connectivity index is 2.59. The van der Waals surface area contributed by atoms with Crippen molar-refractivity contribution in [2.24, 2.45) is 5.73 Å². The lowest BCUT2D eigenvalue weighted by Gasteiger charge is -2.07. The molecule has 0 saturated carbocycles. The van der Waals surface area contributed by atoms with Crippen molar-refractivity contribution in [3.8, 4) is 0 Å². The van der Waals surface area contributed by atoms with Gasteiger partial charge in [0.15, 0.2) is 0 Å². The molecule has 0 aliphatic carbocycles. The fraction of sp³-hybridized carbons (Fsp3) is 0.364. The van der Waals surface area contributed by atoms with E-state index in [2.05, 4.69) is 10.0 Å². The lowest BCUT2D eigenvalue weighted by molar-refractivity contribution is -0.118. The van der Waals surface area contributed by atoms with Gasteiger partial charge in [0.05, 0.1) is 4.90 Å². The Morgan fingerprint density at radius 2 is 1.83 bits per heavy atom. The van der Waals surface area contributed by atoms with E-state index in [0.717, 1.165) is 5.56 Å². The number of sulfonamides is 1. The first-order valence-corrected chi connectivity index (χ1v) is 6.97. The normalized spacial score (nSPS) is 11.2. The highest BCUT2D eigenvalue weighted by molar-refractivity contribution is 7.89. The summed E-state index contributed by atoms with van der Waals surface area (Å²) in [4.78, 5) is 10.8. The van der Waals surface area contributed by atoms with Gasteiger partial charge in [-0.25, -0.2) is 13.1 Å². The Morgan fingerprint density at radius 1 is 1.22 bits per heavy atom. The maximum atomic E-state index is 11.8. The molecule has 0 fully saturated rings. The fourth-order valence-corrected chi connectivity index (χ4v) is 2.34. The minimum Gasteiger partial charge on any atom is -0.355 e. The number of amides is 1. The summed E-state index contributed by atoms with van der Waals surface area (Å²) in [6.45, 7) is 2.16. The zero-order valence-corrected chi connectivity index (χ0v) is 11.0. The zero-order chi connectivity index (χ0) is 13.6. The van der Waals surface area contributed by atoms with E-state index in [9.17, 15) is 13.2 Å². The van der Waals surface area contributed by atoms with Crippen LogP contribution in [0.2, 0.25) is 0 Å². The van der Waals surface area contributed by atoms with Crippen LogP contribution in [0.5, 0.6) is 0 Å². The molecule has 0 aliphatic rings. The highest BCUT2D eigenvalue weighted by Gasteiger charge is 2.12. The van der Waals surface area contributed by atoms with Crippen molar-refractivity contribution < 1.29 is 13.2 Å². The van der Waals surface area contributed by atoms with Crippen LogP contribution in [-0.4, -0.2) is 27.4 Å². The molecule has 0 aliphatic heterocycles. The monoisotopic (exact) mass is 271 g/mol. The summed E-state index contributed by atoms with van der Waals surface area (Å²) >= 11 is 0. The van der Waals surface area contributed by atoms with Gasteiger partial charge in [-0.05, 0) is 17.7 Å². The molecule has 0 bridgehead atoms. The quantitative estimate of drug-likeness (QED) is 0.610. The van der Waals surface area contributed by atoms with Crippen molar-refractivity contribution in [1.29, 1.82) is 0 Å². The third-order valence-electron chi connectivity index (χ3n) is 2.26. The summed E-state index contributed by atoms with van der Waals surface area (Å²) in [6.07, 6.45) is 0. The maximum Gasteiger partial charge on any atom is 0.240 e. The molecule has 18 heavy (non-hydrogen) atoms. The largest absolute Gasteiger partial charge is 0.355 e. The summed E-state index contributed by atoms with van der Waals surface area (Å²) in [7, 11) is -3.53. The summed E-state index contributed by atoms with van der Waals surface area (Å²) in [5.74, 6) is -0.193. The molecule has 0 radical (unpaired) electrons. The molecule has 1 aromatic carbocycles. The van der Waals surface area contributed by atoms with Crippen molar-refractivity contribution in [2.45, 2.75) is 18.4 Å². The van der Waals surface area contributed by atoms with Crippen molar-refractivity contribution in [3.63, 3.8) is 0 Å². The third kappa shape index (κ3) is 4.44. The maximum absolute atomic E-state index is 11.8. The highest BCUT2D eigenvalue weighted by Crippen LogP contribution is 2.09. The number of rotatable bonds is 6. The van der Waals surface area contributed by atoms with Gasteiger partial charge in [0.1, 0.15) is 0 Å². The molecule has 4 N–H and O–H groups in total. The molecule has 7 heteroatoms. The summed E-state index contributed by atoms with van der Waals surface area (Å²) in [5.41, 5.74) is 6.30. The van der Waals surface area contributed by atoms with E-state index in [-0.39, 0.29) is 23.9 Å². The molecule has 0 heterocycles. The van der Waals surface area contributed by atoms with Gasteiger partial charge in [-0.2, -0.15) is 0 Å². The Morgan fingerprint density at radius 3 is 2.33 bits per heavy atom. The summed E-state index contributed by atoms with van der Waals surface area (Å²) < 4.78 is 26.0. The Labute approximate surface area is 107 Å². The number of nitrogens with two attached hydrogens (primary N) is 1. The van der Waals surface area contributed by atoms with Crippen LogP contribution in [-0.2, 0) is 21.4 Å². The van der Waals surface area contributed by atoms with E-state index in [4.69, 9.17) is 5.73 Å². The van der Waals surface area contributed by atoms with Crippen molar-refractivity contribution >= 4 is 15.9 Å². The first kappa shape index (κ1) is 14.6. The van der Waals surface area contributed by atoms with Crippen LogP contribution in [0.15, 0.2) is 29.2 Å². The number of nitrogens with one attached hydrogen (secondary N) is 2. The molecule has 1 aromatic rings. The van der Waals surface area contributed by atoms with Gasteiger partial charge >= 0.3 is 0 Å². The van der Waals surface area contributed by atoms with Gasteiger partial charge in [-0.3, -0.25) is 4.79 Å². The first-order chi connectivity index (χ1) is 8.45. The zero-order valence-electron chi connectivity index (χ0n) is 10.1. The molecule has 1 rings (SSSR count). The molecule has 0 atom stereocenters. The minimum absolute atomic E-state index is 0.153. The van der Waals surface area contributed by atoms with Crippen LogP contribution < -0.4 is 15.8 Å². The van der Waals surface area contributed by atoms with E-state index in [0.29, 0.717) is 6.54 Å². The molecular weight excluding hydrogens is 254 g/mol. The number of carbonyl (C=O) groups excluding carboxylic acids is 1. The average molecular weight is 271 g/mol. The van der Waals surface area contributed by atoms with Crippen molar-refractivity contribution in [2.75, 3.05) is 13.1 Å².